The standard InChI is InChI=1S/C15H25O5P/c1-4-19-21(16,20-5-2)12-8-9-14(3)13-18-15-10-6-7-11-17-15/h6-8,10-12,14-15H,4-5,9,13H2,1-3H3/b12-8+. The molecular weight excluding hydrogens is 291 g/mol. The van der Waals surface area contributed by atoms with Gasteiger partial charge in [0.15, 0.2) is 0 Å². The fourth-order valence-electron chi connectivity index (χ4n) is 1.70. The lowest BCUT2D eigenvalue weighted by Crippen LogP contribution is -2.17. The second-order valence-electron chi connectivity index (χ2n) is 4.65. The molecule has 0 aromatic rings. The van der Waals surface area contributed by atoms with Gasteiger partial charge >= 0.3 is 7.60 Å². The highest BCUT2D eigenvalue weighted by atomic mass is 31.2. The molecule has 0 aromatic heterocycles. The van der Waals surface area contributed by atoms with Crippen molar-refractivity contribution in [2.75, 3.05) is 19.8 Å². The average Bonchev–Trinajstić information content (AvgIpc) is 2.47. The lowest BCUT2D eigenvalue weighted by Gasteiger charge is -2.18. The van der Waals surface area contributed by atoms with Crippen LogP contribution in [-0.2, 0) is 23.1 Å². The summed E-state index contributed by atoms with van der Waals surface area (Å²) in [5, 5.41) is 0. The Morgan fingerprint density at radius 3 is 2.57 bits per heavy atom. The van der Waals surface area contributed by atoms with Crippen molar-refractivity contribution in [3.63, 3.8) is 0 Å². The van der Waals surface area contributed by atoms with Crippen LogP contribution in [0.1, 0.15) is 27.2 Å². The normalized spacial score (nSPS) is 19.9. The van der Waals surface area contributed by atoms with Crippen molar-refractivity contribution < 1.29 is 23.1 Å². The molecule has 2 atom stereocenters. The molecule has 0 aliphatic carbocycles. The third-order valence-corrected chi connectivity index (χ3v) is 4.47. The smallest absolute Gasteiger partial charge is 0.353 e. The van der Waals surface area contributed by atoms with Crippen molar-refractivity contribution in [2.45, 2.75) is 33.5 Å². The van der Waals surface area contributed by atoms with Gasteiger partial charge in [-0.3, -0.25) is 4.57 Å². The van der Waals surface area contributed by atoms with Crippen LogP contribution in [0.25, 0.3) is 0 Å². The molecule has 2 unspecified atom stereocenters. The van der Waals surface area contributed by atoms with Gasteiger partial charge in [0.25, 0.3) is 0 Å². The van der Waals surface area contributed by atoms with Crippen LogP contribution in [0, 0.1) is 5.92 Å². The Bertz CT molecular complexity index is 406. The van der Waals surface area contributed by atoms with Crippen LogP contribution < -0.4 is 0 Å². The van der Waals surface area contributed by atoms with Gasteiger partial charge in [0.05, 0.1) is 26.1 Å². The Morgan fingerprint density at radius 2 is 2.00 bits per heavy atom. The van der Waals surface area contributed by atoms with Gasteiger partial charge in [-0.1, -0.05) is 19.1 Å². The van der Waals surface area contributed by atoms with E-state index >= 15 is 0 Å². The first-order valence-corrected chi connectivity index (χ1v) is 8.87. The maximum Gasteiger partial charge on any atom is 0.353 e. The summed E-state index contributed by atoms with van der Waals surface area (Å²) in [5.41, 5.74) is 0. The second kappa shape index (κ2) is 9.96. The molecule has 0 spiro atoms. The molecule has 0 amide bonds. The highest BCUT2D eigenvalue weighted by Crippen LogP contribution is 2.49. The molecular formula is C15H25O5P. The number of hydrogen-bond donors (Lipinski definition) is 0. The minimum Gasteiger partial charge on any atom is -0.469 e. The van der Waals surface area contributed by atoms with Crippen molar-refractivity contribution in [3.8, 4) is 0 Å². The summed E-state index contributed by atoms with van der Waals surface area (Å²) in [7, 11) is -3.09. The molecule has 0 saturated heterocycles. The third-order valence-electron chi connectivity index (χ3n) is 2.66. The number of hydrogen-bond acceptors (Lipinski definition) is 5. The highest BCUT2D eigenvalue weighted by Gasteiger charge is 2.18. The van der Waals surface area contributed by atoms with E-state index in [1.807, 2.05) is 24.3 Å². The molecule has 1 aliphatic heterocycles. The maximum atomic E-state index is 12.2. The molecule has 0 N–H and O–H groups in total. The van der Waals surface area contributed by atoms with Crippen molar-refractivity contribution in [3.05, 3.63) is 36.4 Å². The molecule has 5 nitrogen and oxygen atoms in total. The first kappa shape index (κ1) is 18.2. The first-order chi connectivity index (χ1) is 10.1. The molecule has 120 valence electrons. The summed E-state index contributed by atoms with van der Waals surface area (Å²) in [5.74, 6) is 1.82. The summed E-state index contributed by atoms with van der Waals surface area (Å²) in [4.78, 5) is 0. The van der Waals surface area contributed by atoms with E-state index in [-0.39, 0.29) is 12.2 Å². The molecule has 1 aliphatic rings. The lowest BCUT2D eigenvalue weighted by molar-refractivity contribution is -0.0835. The molecule has 21 heavy (non-hydrogen) atoms. The Kier molecular flexibility index (Phi) is 8.62. The van der Waals surface area contributed by atoms with E-state index in [1.165, 1.54) is 5.82 Å². The molecule has 0 saturated carbocycles. The van der Waals surface area contributed by atoms with Gasteiger partial charge in [0.1, 0.15) is 0 Å². The number of ether oxygens (including phenoxy) is 2. The summed E-state index contributed by atoms with van der Waals surface area (Å²) in [6, 6.07) is 0. The molecule has 0 aromatic carbocycles. The maximum absolute atomic E-state index is 12.2. The van der Waals surface area contributed by atoms with Crippen molar-refractivity contribution in [2.24, 2.45) is 5.92 Å². The Hall–Kier alpha value is -0.870. The Labute approximate surface area is 127 Å². The van der Waals surface area contributed by atoms with Crippen LogP contribution in [0.5, 0.6) is 0 Å². The predicted octanol–water partition coefficient (Wildman–Crippen LogP) is 4.24. The van der Waals surface area contributed by atoms with Gasteiger partial charge in [-0.05, 0) is 38.3 Å². The molecule has 1 heterocycles. The van der Waals surface area contributed by atoms with Crippen LogP contribution >= 0.6 is 7.60 Å². The van der Waals surface area contributed by atoms with E-state index in [0.29, 0.717) is 19.8 Å². The summed E-state index contributed by atoms with van der Waals surface area (Å²) >= 11 is 0. The Balaban J connectivity index is 2.31. The fraction of sp³-hybridized carbons (Fsp3) is 0.600. The topological polar surface area (TPSA) is 54.0 Å². The number of rotatable bonds is 10. The van der Waals surface area contributed by atoms with Gasteiger partial charge in [-0.2, -0.15) is 0 Å². The van der Waals surface area contributed by atoms with E-state index in [4.69, 9.17) is 18.5 Å². The summed E-state index contributed by atoms with van der Waals surface area (Å²) in [6.07, 6.45) is 9.40. The first-order valence-electron chi connectivity index (χ1n) is 7.26. The van der Waals surface area contributed by atoms with E-state index in [9.17, 15) is 4.57 Å². The Morgan fingerprint density at radius 1 is 1.29 bits per heavy atom. The minimum absolute atomic E-state index is 0.279. The zero-order chi connectivity index (χ0) is 15.6. The van der Waals surface area contributed by atoms with E-state index in [0.717, 1.165) is 6.42 Å². The van der Waals surface area contributed by atoms with Gasteiger partial charge in [0.2, 0.25) is 6.29 Å². The van der Waals surface area contributed by atoms with Crippen LogP contribution in [0.4, 0.5) is 0 Å². The fourth-order valence-corrected chi connectivity index (χ4v) is 3.04. The van der Waals surface area contributed by atoms with Crippen LogP contribution in [-0.4, -0.2) is 26.1 Å². The highest BCUT2D eigenvalue weighted by molar-refractivity contribution is 7.57. The van der Waals surface area contributed by atoms with E-state index in [1.54, 1.807) is 20.1 Å². The van der Waals surface area contributed by atoms with E-state index < -0.39 is 7.60 Å². The zero-order valence-electron chi connectivity index (χ0n) is 12.9. The van der Waals surface area contributed by atoms with Crippen molar-refractivity contribution in [1.82, 2.24) is 0 Å². The molecule has 6 heteroatoms. The van der Waals surface area contributed by atoms with Gasteiger partial charge in [0, 0.05) is 5.82 Å². The average molecular weight is 316 g/mol. The molecule has 0 radical (unpaired) electrons. The van der Waals surface area contributed by atoms with Gasteiger partial charge in [-0.25, -0.2) is 0 Å². The summed E-state index contributed by atoms with van der Waals surface area (Å²) in [6.45, 7) is 6.92. The monoisotopic (exact) mass is 316 g/mol. The summed E-state index contributed by atoms with van der Waals surface area (Å²) < 4.78 is 33.4. The second-order valence-corrected chi connectivity index (χ2v) is 6.55. The molecule has 0 fully saturated rings. The quantitative estimate of drug-likeness (QED) is 0.564. The number of allylic oxidation sites excluding steroid dienone is 3. The third kappa shape index (κ3) is 7.63. The molecule has 0 bridgehead atoms. The van der Waals surface area contributed by atoms with Gasteiger partial charge in [-0.15, -0.1) is 0 Å². The zero-order valence-corrected chi connectivity index (χ0v) is 13.8. The molecule has 1 rings (SSSR count). The van der Waals surface area contributed by atoms with Crippen LogP contribution in [0.2, 0.25) is 0 Å². The lowest BCUT2D eigenvalue weighted by atomic mass is 10.1. The van der Waals surface area contributed by atoms with Crippen molar-refractivity contribution >= 4 is 7.60 Å². The van der Waals surface area contributed by atoms with Crippen molar-refractivity contribution in [1.29, 1.82) is 0 Å². The minimum atomic E-state index is -3.09. The largest absolute Gasteiger partial charge is 0.469 e. The van der Waals surface area contributed by atoms with Crippen LogP contribution in [0.15, 0.2) is 36.4 Å². The van der Waals surface area contributed by atoms with E-state index in [2.05, 4.69) is 6.92 Å². The van der Waals surface area contributed by atoms with Gasteiger partial charge < -0.3 is 18.5 Å². The predicted molar refractivity (Wildman–Crippen MR) is 82.9 cm³/mol. The van der Waals surface area contributed by atoms with Crippen LogP contribution in [0.3, 0.4) is 0 Å². The SMILES string of the molecule is CCOP(=O)(/C=C/CC(C)COC1C=CC=CO1)OCC.